The lowest BCUT2D eigenvalue weighted by Gasteiger charge is -2.39. The van der Waals surface area contributed by atoms with E-state index in [9.17, 15) is 15.0 Å². The van der Waals surface area contributed by atoms with E-state index in [0.29, 0.717) is 6.04 Å². The number of hydrogen-bond acceptors (Lipinski definition) is 4. The topological polar surface area (TPSA) is 60.8 Å². The van der Waals surface area contributed by atoms with E-state index in [2.05, 4.69) is 30.1 Å². The number of aromatic hydroxyl groups is 2. The van der Waals surface area contributed by atoms with Gasteiger partial charge in [-0.3, -0.25) is 4.90 Å². The van der Waals surface area contributed by atoms with E-state index >= 15 is 0 Å². The number of phenolic OH excluding ortho intramolecular Hbond substituents is 2. The highest BCUT2D eigenvalue weighted by Gasteiger charge is 2.34. The van der Waals surface area contributed by atoms with Crippen molar-refractivity contribution in [3.8, 4) is 22.6 Å². The highest BCUT2D eigenvalue weighted by Crippen LogP contribution is 2.49. The van der Waals surface area contributed by atoms with Crippen LogP contribution in [0.4, 0.5) is 0 Å². The van der Waals surface area contributed by atoms with Crippen molar-refractivity contribution >= 4 is 5.78 Å². The average molecular weight is 325 g/mol. The van der Waals surface area contributed by atoms with Gasteiger partial charge in [-0.2, -0.15) is 0 Å². The van der Waals surface area contributed by atoms with Gasteiger partial charge in [0.25, 0.3) is 0 Å². The van der Waals surface area contributed by atoms with Crippen molar-refractivity contribution in [2.75, 3.05) is 13.6 Å². The maximum Gasteiger partial charge on any atom is 0.165 e. The van der Waals surface area contributed by atoms with Crippen molar-refractivity contribution < 1.29 is 15.0 Å². The first-order chi connectivity index (χ1) is 11.4. The van der Waals surface area contributed by atoms with Gasteiger partial charge in [0.05, 0.1) is 0 Å². The van der Waals surface area contributed by atoms with E-state index in [0.717, 1.165) is 36.1 Å². The molecule has 0 aromatic heterocycles. The third-order valence-corrected chi connectivity index (χ3v) is 4.72. The van der Waals surface area contributed by atoms with Crippen LogP contribution in [0.5, 0.6) is 11.5 Å². The Kier molecular flexibility index (Phi) is 4.33. The Morgan fingerprint density at radius 1 is 1.12 bits per heavy atom. The Balaban J connectivity index is 0.000000383. The van der Waals surface area contributed by atoms with Crippen LogP contribution in [0.1, 0.15) is 36.6 Å². The summed E-state index contributed by atoms with van der Waals surface area (Å²) in [4.78, 5) is 11.8. The first-order valence-corrected chi connectivity index (χ1v) is 8.23. The number of phenols is 2. The fourth-order valence-corrected chi connectivity index (χ4v) is 3.67. The van der Waals surface area contributed by atoms with Crippen LogP contribution in [-0.4, -0.2) is 34.5 Å². The molecule has 4 heteroatoms. The summed E-state index contributed by atoms with van der Waals surface area (Å²) in [5.74, 6) is 0.145. The van der Waals surface area contributed by atoms with E-state index in [1.807, 2.05) is 6.07 Å². The Labute approximate surface area is 142 Å². The van der Waals surface area contributed by atoms with E-state index in [4.69, 9.17) is 0 Å². The summed E-state index contributed by atoms with van der Waals surface area (Å²) < 4.78 is 0. The molecule has 0 fully saturated rings. The zero-order valence-electron chi connectivity index (χ0n) is 14.3. The quantitative estimate of drug-likeness (QED) is 0.728. The van der Waals surface area contributed by atoms with Crippen LogP contribution in [0.2, 0.25) is 0 Å². The SMILES string of the molecule is CC(C)=O.CN1CCc2cccc3c2[C@H]1Cc1ccc(O)c(O)c1-3. The molecule has 0 unspecified atom stereocenters. The molecule has 0 saturated carbocycles. The van der Waals surface area contributed by atoms with Crippen LogP contribution in [-0.2, 0) is 17.6 Å². The van der Waals surface area contributed by atoms with Gasteiger partial charge in [0.2, 0.25) is 0 Å². The van der Waals surface area contributed by atoms with Crippen LogP contribution >= 0.6 is 0 Å². The maximum atomic E-state index is 10.3. The smallest absolute Gasteiger partial charge is 0.165 e. The Hall–Kier alpha value is -2.33. The minimum absolute atomic E-state index is 0.0163. The zero-order chi connectivity index (χ0) is 17.4. The van der Waals surface area contributed by atoms with E-state index < -0.39 is 0 Å². The van der Waals surface area contributed by atoms with Gasteiger partial charge in [-0.15, -0.1) is 0 Å². The highest BCUT2D eigenvalue weighted by molar-refractivity contribution is 5.82. The summed E-state index contributed by atoms with van der Waals surface area (Å²) >= 11 is 0. The molecule has 1 aliphatic heterocycles. The molecule has 2 aliphatic rings. The number of likely N-dealkylation sites (N-methyl/N-ethyl adjacent to an activating group) is 1. The molecule has 0 spiro atoms. The minimum Gasteiger partial charge on any atom is -0.504 e. The molecule has 2 aromatic rings. The number of ketones is 1. The van der Waals surface area contributed by atoms with Crippen molar-refractivity contribution in [1.29, 1.82) is 0 Å². The predicted molar refractivity (Wildman–Crippen MR) is 94.3 cm³/mol. The van der Waals surface area contributed by atoms with Crippen molar-refractivity contribution in [2.45, 2.75) is 32.7 Å². The fourth-order valence-electron chi connectivity index (χ4n) is 3.67. The molecule has 4 nitrogen and oxygen atoms in total. The summed E-state index contributed by atoms with van der Waals surface area (Å²) in [5.41, 5.74) is 5.71. The highest BCUT2D eigenvalue weighted by atomic mass is 16.3. The Morgan fingerprint density at radius 2 is 1.83 bits per heavy atom. The summed E-state index contributed by atoms with van der Waals surface area (Å²) in [6.45, 7) is 4.13. The minimum atomic E-state index is -0.0380. The van der Waals surface area contributed by atoms with Gasteiger partial charge >= 0.3 is 0 Å². The lowest BCUT2D eigenvalue weighted by molar-refractivity contribution is -0.114. The standard InChI is InChI=1S/C17H17NO2.C3H6O/c1-18-8-7-10-3-2-4-12-15(10)13(18)9-11-5-6-14(19)17(20)16(11)12;1-3(2)4/h2-6,13,19-20H,7-9H2,1H3;1-2H3/t13-;/m1./s1. The lowest BCUT2D eigenvalue weighted by atomic mass is 9.77. The summed E-state index contributed by atoms with van der Waals surface area (Å²) in [5, 5.41) is 20.1. The van der Waals surface area contributed by atoms with Gasteiger partial charge in [-0.25, -0.2) is 0 Å². The van der Waals surface area contributed by atoms with E-state index in [1.54, 1.807) is 6.07 Å². The van der Waals surface area contributed by atoms with Crippen LogP contribution < -0.4 is 0 Å². The largest absolute Gasteiger partial charge is 0.504 e. The molecular weight excluding hydrogens is 302 g/mol. The number of hydrogen-bond donors (Lipinski definition) is 2. The van der Waals surface area contributed by atoms with Crippen molar-refractivity contribution in [2.24, 2.45) is 0 Å². The molecule has 24 heavy (non-hydrogen) atoms. The Bertz CT molecular complexity index is 794. The first kappa shape index (κ1) is 16.5. The molecule has 0 saturated heterocycles. The predicted octanol–water partition coefficient (Wildman–Crippen LogP) is 3.45. The van der Waals surface area contributed by atoms with E-state index in [-0.39, 0.29) is 17.3 Å². The number of nitrogens with zero attached hydrogens (tertiary/aromatic N) is 1. The number of fused-ring (bicyclic) bond motifs is 2. The molecular formula is C20H23NO3. The zero-order valence-corrected chi connectivity index (χ0v) is 14.3. The van der Waals surface area contributed by atoms with Gasteiger partial charge < -0.3 is 15.0 Å². The normalized spacial score (nSPS) is 18.0. The molecule has 2 N–H and O–H groups in total. The number of Topliss-reactive ketones (excluding diaryl/α,β-unsaturated/α-hetero) is 1. The second-order valence-electron chi connectivity index (χ2n) is 6.70. The molecule has 1 heterocycles. The number of benzene rings is 2. The van der Waals surface area contributed by atoms with Gasteiger partial charge in [-0.1, -0.05) is 24.3 Å². The van der Waals surface area contributed by atoms with Crippen LogP contribution in [0.25, 0.3) is 11.1 Å². The van der Waals surface area contributed by atoms with Crippen LogP contribution in [0.15, 0.2) is 30.3 Å². The van der Waals surface area contributed by atoms with Crippen molar-refractivity contribution in [3.05, 3.63) is 47.0 Å². The lowest BCUT2D eigenvalue weighted by Crippen LogP contribution is -2.35. The van der Waals surface area contributed by atoms with Crippen molar-refractivity contribution in [3.63, 3.8) is 0 Å². The third-order valence-electron chi connectivity index (χ3n) is 4.72. The molecule has 1 atom stereocenters. The molecule has 0 bridgehead atoms. The monoisotopic (exact) mass is 325 g/mol. The molecule has 1 aliphatic carbocycles. The van der Waals surface area contributed by atoms with Crippen LogP contribution in [0.3, 0.4) is 0 Å². The number of rotatable bonds is 0. The molecule has 2 aromatic carbocycles. The second kappa shape index (κ2) is 6.29. The first-order valence-electron chi connectivity index (χ1n) is 8.23. The molecule has 0 amide bonds. The van der Waals surface area contributed by atoms with Crippen molar-refractivity contribution in [1.82, 2.24) is 4.90 Å². The molecule has 126 valence electrons. The summed E-state index contributed by atoms with van der Waals surface area (Å²) in [6, 6.07) is 10.2. The summed E-state index contributed by atoms with van der Waals surface area (Å²) in [6.07, 6.45) is 1.94. The average Bonchev–Trinajstić information content (AvgIpc) is 2.53. The van der Waals surface area contributed by atoms with Gasteiger partial charge in [0.15, 0.2) is 11.5 Å². The fraction of sp³-hybridized carbons (Fsp3) is 0.350. The summed E-state index contributed by atoms with van der Waals surface area (Å²) in [7, 11) is 2.16. The van der Waals surface area contributed by atoms with E-state index in [1.165, 1.54) is 25.0 Å². The van der Waals surface area contributed by atoms with Crippen LogP contribution in [0, 0.1) is 0 Å². The van der Waals surface area contributed by atoms with Gasteiger partial charge in [0, 0.05) is 18.2 Å². The molecule has 4 rings (SSSR count). The maximum absolute atomic E-state index is 10.3. The number of carbonyl (C=O) groups is 1. The number of carbonyl (C=O) groups excluding carboxylic acids is 1. The third kappa shape index (κ3) is 2.78. The second-order valence-corrected chi connectivity index (χ2v) is 6.70. The van der Waals surface area contributed by atoms with Gasteiger partial charge in [-0.05, 0) is 62.1 Å². The Morgan fingerprint density at radius 3 is 2.54 bits per heavy atom. The van der Waals surface area contributed by atoms with Gasteiger partial charge in [0.1, 0.15) is 5.78 Å². The molecule has 0 radical (unpaired) electrons.